The summed E-state index contributed by atoms with van der Waals surface area (Å²) in [5, 5.41) is 0.655. The van der Waals surface area contributed by atoms with E-state index in [0.29, 0.717) is 11.6 Å². The predicted octanol–water partition coefficient (Wildman–Crippen LogP) is 2.48. The van der Waals surface area contributed by atoms with Crippen molar-refractivity contribution in [2.45, 2.75) is 6.04 Å². The highest BCUT2D eigenvalue weighted by Crippen LogP contribution is 2.24. The van der Waals surface area contributed by atoms with Crippen LogP contribution in [0.1, 0.15) is 11.6 Å². The highest BCUT2D eigenvalue weighted by Gasteiger charge is 2.07. The SMILES string of the molecule is Cl.NC[C@@H](N)c1ccc(Br)cc1Cl. The Morgan fingerprint density at radius 2 is 2.08 bits per heavy atom. The minimum absolute atomic E-state index is 0. The molecule has 0 fully saturated rings. The van der Waals surface area contributed by atoms with Crippen molar-refractivity contribution < 1.29 is 0 Å². The molecule has 0 unspecified atom stereocenters. The molecule has 0 heterocycles. The first-order valence-electron chi connectivity index (χ1n) is 3.55. The van der Waals surface area contributed by atoms with Crippen LogP contribution in [0.2, 0.25) is 5.02 Å². The Morgan fingerprint density at radius 1 is 1.46 bits per heavy atom. The van der Waals surface area contributed by atoms with Crippen LogP contribution in [0.4, 0.5) is 0 Å². The molecule has 74 valence electrons. The molecule has 1 rings (SSSR count). The molecule has 0 radical (unpaired) electrons. The van der Waals surface area contributed by atoms with Gasteiger partial charge in [0.05, 0.1) is 0 Å². The van der Waals surface area contributed by atoms with Gasteiger partial charge in [0.15, 0.2) is 0 Å². The van der Waals surface area contributed by atoms with Crippen molar-refractivity contribution in [3.05, 3.63) is 33.3 Å². The van der Waals surface area contributed by atoms with Crippen molar-refractivity contribution in [3.8, 4) is 0 Å². The van der Waals surface area contributed by atoms with E-state index in [9.17, 15) is 0 Å². The molecule has 0 amide bonds. The fourth-order valence-corrected chi connectivity index (χ4v) is 1.74. The van der Waals surface area contributed by atoms with Gasteiger partial charge in [-0.05, 0) is 17.7 Å². The van der Waals surface area contributed by atoms with Crippen LogP contribution in [0, 0.1) is 0 Å². The Morgan fingerprint density at radius 3 is 2.54 bits per heavy atom. The molecule has 13 heavy (non-hydrogen) atoms. The highest BCUT2D eigenvalue weighted by molar-refractivity contribution is 9.10. The average molecular weight is 286 g/mol. The Kier molecular flexibility index (Phi) is 5.92. The van der Waals surface area contributed by atoms with Crippen LogP contribution in [0.15, 0.2) is 22.7 Å². The van der Waals surface area contributed by atoms with Crippen LogP contribution in [-0.4, -0.2) is 6.54 Å². The van der Waals surface area contributed by atoms with Crippen LogP contribution in [0.5, 0.6) is 0 Å². The molecule has 0 aliphatic heterocycles. The standard InChI is InChI=1S/C8H10BrClN2.ClH/c9-5-1-2-6(7(10)3-5)8(12)4-11;/h1-3,8H,4,11-12H2;1H/t8-;/m1./s1. The predicted molar refractivity (Wildman–Crippen MR) is 62.4 cm³/mol. The smallest absolute Gasteiger partial charge is 0.0465 e. The Bertz CT molecular complexity index is 281. The van der Waals surface area contributed by atoms with Gasteiger partial charge in [-0.25, -0.2) is 0 Å². The van der Waals surface area contributed by atoms with Crippen molar-refractivity contribution in [3.63, 3.8) is 0 Å². The molecule has 2 nitrogen and oxygen atoms in total. The number of rotatable bonds is 2. The fourth-order valence-electron chi connectivity index (χ4n) is 0.929. The maximum Gasteiger partial charge on any atom is 0.0465 e. The number of hydrogen-bond acceptors (Lipinski definition) is 2. The molecule has 0 spiro atoms. The summed E-state index contributed by atoms with van der Waals surface area (Å²) < 4.78 is 0.945. The number of hydrogen-bond donors (Lipinski definition) is 2. The van der Waals surface area contributed by atoms with E-state index in [1.54, 1.807) is 0 Å². The van der Waals surface area contributed by atoms with Crippen molar-refractivity contribution in [2.75, 3.05) is 6.54 Å². The van der Waals surface area contributed by atoms with Crippen molar-refractivity contribution in [2.24, 2.45) is 11.5 Å². The third-order valence-electron chi connectivity index (χ3n) is 1.62. The maximum absolute atomic E-state index is 5.94. The van der Waals surface area contributed by atoms with E-state index in [1.807, 2.05) is 18.2 Å². The first-order valence-corrected chi connectivity index (χ1v) is 4.73. The third kappa shape index (κ3) is 3.44. The lowest BCUT2D eigenvalue weighted by atomic mass is 10.1. The molecule has 0 saturated carbocycles. The van der Waals surface area contributed by atoms with Gasteiger partial charge in [-0.2, -0.15) is 0 Å². The van der Waals surface area contributed by atoms with Gasteiger partial charge in [-0.15, -0.1) is 12.4 Å². The highest BCUT2D eigenvalue weighted by atomic mass is 79.9. The van der Waals surface area contributed by atoms with Crippen molar-refractivity contribution in [1.82, 2.24) is 0 Å². The van der Waals surface area contributed by atoms with Crippen molar-refractivity contribution >= 4 is 39.9 Å². The van der Waals surface area contributed by atoms with Crippen LogP contribution < -0.4 is 11.5 Å². The quantitative estimate of drug-likeness (QED) is 0.877. The minimum Gasteiger partial charge on any atom is -0.329 e. The Balaban J connectivity index is 0.00000144. The summed E-state index contributed by atoms with van der Waals surface area (Å²) >= 11 is 9.25. The number of halogens is 3. The van der Waals surface area contributed by atoms with E-state index < -0.39 is 0 Å². The van der Waals surface area contributed by atoms with E-state index >= 15 is 0 Å². The summed E-state index contributed by atoms with van der Waals surface area (Å²) in [6.45, 7) is 0.404. The zero-order valence-electron chi connectivity index (χ0n) is 6.84. The monoisotopic (exact) mass is 284 g/mol. The maximum atomic E-state index is 5.94. The van der Waals surface area contributed by atoms with Crippen LogP contribution in [0.25, 0.3) is 0 Å². The molecule has 5 heteroatoms. The molecule has 0 aromatic heterocycles. The lowest BCUT2D eigenvalue weighted by Crippen LogP contribution is -2.20. The molecular weight excluding hydrogens is 275 g/mol. The van der Waals surface area contributed by atoms with Crippen LogP contribution in [0.3, 0.4) is 0 Å². The molecule has 4 N–H and O–H groups in total. The number of benzene rings is 1. The fraction of sp³-hybridized carbons (Fsp3) is 0.250. The second kappa shape index (κ2) is 5.83. The van der Waals surface area contributed by atoms with Gasteiger partial charge >= 0.3 is 0 Å². The summed E-state index contributed by atoms with van der Waals surface area (Å²) in [4.78, 5) is 0. The molecule has 0 aliphatic carbocycles. The largest absolute Gasteiger partial charge is 0.329 e. The van der Waals surface area contributed by atoms with Gasteiger partial charge in [0.2, 0.25) is 0 Å². The van der Waals surface area contributed by atoms with Gasteiger partial charge in [0, 0.05) is 22.1 Å². The number of nitrogens with two attached hydrogens (primary N) is 2. The van der Waals surface area contributed by atoms with Crippen LogP contribution >= 0.6 is 39.9 Å². The summed E-state index contributed by atoms with van der Waals surface area (Å²) in [6, 6.07) is 5.41. The second-order valence-electron chi connectivity index (χ2n) is 2.51. The van der Waals surface area contributed by atoms with Crippen LogP contribution in [-0.2, 0) is 0 Å². The third-order valence-corrected chi connectivity index (χ3v) is 2.44. The summed E-state index contributed by atoms with van der Waals surface area (Å²) in [5.74, 6) is 0. The molecule has 1 aromatic rings. The van der Waals surface area contributed by atoms with E-state index in [1.165, 1.54) is 0 Å². The normalized spacial score (nSPS) is 12.0. The lowest BCUT2D eigenvalue weighted by molar-refractivity contribution is 0.737. The topological polar surface area (TPSA) is 52.0 Å². The molecule has 0 saturated heterocycles. The van der Waals surface area contributed by atoms with E-state index in [4.69, 9.17) is 23.1 Å². The first kappa shape index (κ1) is 13.2. The van der Waals surface area contributed by atoms with Gasteiger partial charge in [-0.1, -0.05) is 33.6 Å². The molecule has 0 aliphatic rings. The molecule has 1 atom stereocenters. The Labute approximate surface area is 97.2 Å². The van der Waals surface area contributed by atoms with Crippen molar-refractivity contribution in [1.29, 1.82) is 0 Å². The average Bonchev–Trinajstić information content (AvgIpc) is 2.03. The van der Waals surface area contributed by atoms with Gasteiger partial charge in [0.1, 0.15) is 0 Å². The second-order valence-corrected chi connectivity index (χ2v) is 3.83. The van der Waals surface area contributed by atoms with E-state index in [0.717, 1.165) is 10.0 Å². The van der Waals surface area contributed by atoms with Gasteiger partial charge < -0.3 is 11.5 Å². The minimum atomic E-state index is -0.175. The Hall–Kier alpha value is 0.200. The first-order chi connectivity index (χ1) is 5.65. The lowest BCUT2D eigenvalue weighted by Gasteiger charge is -2.10. The molecule has 1 aromatic carbocycles. The zero-order chi connectivity index (χ0) is 9.14. The summed E-state index contributed by atoms with van der Waals surface area (Å²) in [7, 11) is 0. The van der Waals surface area contributed by atoms with E-state index in [2.05, 4.69) is 15.9 Å². The van der Waals surface area contributed by atoms with Gasteiger partial charge in [-0.3, -0.25) is 0 Å². The molecule has 0 bridgehead atoms. The van der Waals surface area contributed by atoms with Gasteiger partial charge in [0.25, 0.3) is 0 Å². The summed E-state index contributed by atoms with van der Waals surface area (Å²) in [5.41, 5.74) is 12.0. The van der Waals surface area contributed by atoms with E-state index in [-0.39, 0.29) is 18.4 Å². The summed E-state index contributed by atoms with van der Waals surface area (Å²) in [6.07, 6.45) is 0. The molecular formula is C8H11BrCl2N2. The zero-order valence-corrected chi connectivity index (χ0v) is 9.99.